The largest absolute Gasteiger partial charge is 0.492 e. The van der Waals surface area contributed by atoms with Crippen LogP contribution in [0.15, 0.2) is 41.8 Å². The van der Waals surface area contributed by atoms with Gasteiger partial charge in [0.1, 0.15) is 5.75 Å². The molecule has 2 aromatic rings. The molecule has 0 bridgehead atoms. The van der Waals surface area contributed by atoms with Crippen molar-refractivity contribution in [2.24, 2.45) is 0 Å². The first-order valence-electron chi connectivity index (χ1n) is 5.79. The fourth-order valence-corrected chi connectivity index (χ4v) is 2.68. The monoisotopic (exact) mass is 334 g/mol. The van der Waals surface area contributed by atoms with Gasteiger partial charge in [-0.1, -0.05) is 11.6 Å². The van der Waals surface area contributed by atoms with E-state index >= 15 is 0 Å². The quantitative estimate of drug-likeness (QED) is 0.601. The molecule has 0 unspecified atom stereocenters. The van der Waals surface area contributed by atoms with Crippen LogP contribution in [0.2, 0.25) is 5.02 Å². The molecule has 0 atom stereocenters. The van der Waals surface area contributed by atoms with Crippen LogP contribution in [0.25, 0.3) is 0 Å². The van der Waals surface area contributed by atoms with Gasteiger partial charge in [-0.3, -0.25) is 0 Å². The summed E-state index contributed by atoms with van der Waals surface area (Å²) < 4.78 is 29.7. The molecule has 2 rings (SSSR count). The molecule has 0 spiro atoms. The standard InChI is InChI=1S/C12H12Cl2N2O3S/c13-11-8-10(20(14,17)18)2-3-12(11)19-7-1-5-16-6-4-15-9-16/h2-4,6,8-9H,1,5,7H2. The third kappa shape index (κ3) is 4.13. The molecular weight excluding hydrogens is 323 g/mol. The Bertz CT molecular complexity index is 672. The van der Waals surface area contributed by atoms with Gasteiger partial charge in [-0.2, -0.15) is 0 Å². The van der Waals surface area contributed by atoms with Crippen LogP contribution in [0.4, 0.5) is 0 Å². The highest BCUT2D eigenvalue weighted by Crippen LogP contribution is 2.28. The topological polar surface area (TPSA) is 61.2 Å². The Balaban J connectivity index is 1.90. The SMILES string of the molecule is O=S(=O)(Cl)c1ccc(OCCCn2ccnc2)c(Cl)c1. The highest BCUT2D eigenvalue weighted by molar-refractivity contribution is 8.13. The summed E-state index contributed by atoms with van der Waals surface area (Å²) in [5.74, 6) is 0.432. The fourth-order valence-electron chi connectivity index (χ4n) is 1.60. The van der Waals surface area contributed by atoms with Crippen molar-refractivity contribution in [2.45, 2.75) is 17.9 Å². The predicted octanol–water partition coefficient (Wildman–Crippen LogP) is 2.93. The van der Waals surface area contributed by atoms with Crippen molar-refractivity contribution in [1.29, 1.82) is 0 Å². The summed E-state index contributed by atoms with van der Waals surface area (Å²) in [5, 5.41) is 0.217. The zero-order chi connectivity index (χ0) is 14.6. The Kier molecular flexibility index (Phi) is 4.91. The number of halogens is 2. The van der Waals surface area contributed by atoms with E-state index in [0.717, 1.165) is 13.0 Å². The summed E-state index contributed by atoms with van der Waals surface area (Å²) in [5.41, 5.74) is 0. The predicted molar refractivity (Wildman–Crippen MR) is 76.8 cm³/mol. The Labute approximate surface area is 126 Å². The van der Waals surface area contributed by atoms with Crippen LogP contribution in [0.3, 0.4) is 0 Å². The van der Waals surface area contributed by atoms with Crippen molar-refractivity contribution in [3.8, 4) is 5.75 Å². The van der Waals surface area contributed by atoms with Crippen LogP contribution in [-0.2, 0) is 15.6 Å². The summed E-state index contributed by atoms with van der Waals surface area (Å²) in [6.07, 6.45) is 6.09. The second kappa shape index (κ2) is 6.47. The lowest BCUT2D eigenvalue weighted by Gasteiger charge is -2.09. The van der Waals surface area contributed by atoms with Gasteiger partial charge in [0, 0.05) is 29.6 Å². The molecule has 20 heavy (non-hydrogen) atoms. The van der Waals surface area contributed by atoms with Gasteiger partial charge in [0.05, 0.1) is 22.9 Å². The van der Waals surface area contributed by atoms with E-state index in [1.54, 1.807) is 12.5 Å². The lowest BCUT2D eigenvalue weighted by atomic mass is 10.3. The molecular formula is C12H12Cl2N2O3S. The molecule has 0 N–H and O–H groups in total. The van der Waals surface area contributed by atoms with Crippen molar-refractivity contribution in [3.63, 3.8) is 0 Å². The minimum absolute atomic E-state index is 0.0464. The highest BCUT2D eigenvalue weighted by Gasteiger charge is 2.12. The molecule has 0 aliphatic heterocycles. The maximum absolute atomic E-state index is 11.1. The highest BCUT2D eigenvalue weighted by atomic mass is 35.7. The lowest BCUT2D eigenvalue weighted by Crippen LogP contribution is -2.03. The van der Waals surface area contributed by atoms with Gasteiger partial charge in [0.15, 0.2) is 0 Å². The summed E-state index contributed by atoms with van der Waals surface area (Å²) in [6, 6.07) is 4.13. The molecule has 8 heteroatoms. The van der Waals surface area contributed by atoms with E-state index in [1.807, 2.05) is 10.8 Å². The normalized spacial score (nSPS) is 11.5. The molecule has 0 aliphatic carbocycles. The van der Waals surface area contributed by atoms with Crippen molar-refractivity contribution in [1.82, 2.24) is 9.55 Å². The van der Waals surface area contributed by atoms with Gasteiger partial charge in [0.25, 0.3) is 9.05 Å². The van der Waals surface area contributed by atoms with Crippen LogP contribution in [-0.4, -0.2) is 24.6 Å². The Morgan fingerprint density at radius 3 is 2.75 bits per heavy atom. The van der Waals surface area contributed by atoms with Crippen molar-refractivity contribution >= 4 is 31.3 Å². The maximum Gasteiger partial charge on any atom is 0.261 e. The molecule has 0 saturated heterocycles. The second-order valence-electron chi connectivity index (χ2n) is 4.03. The summed E-state index contributed by atoms with van der Waals surface area (Å²) in [6.45, 7) is 1.25. The number of ether oxygens (including phenoxy) is 1. The molecule has 0 aliphatic rings. The zero-order valence-electron chi connectivity index (χ0n) is 10.4. The van der Waals surface area contributed by atoms with Gasteiger partial charge in [0.2, 0.25) is 0 Å². The third-order valence-corrected chi connectivity index (χ3v) is 4.21. The molecule has 1 aromatic carbocycles. The minimum atomic E-state index is -3.77. The lowest BCUT2D eigenvalue weighted by molar-refractivity contribution is 0.302. The van der Waals surface area contributed by atoms with Crippen LogP contribution in [0, 0.1) is 0 Å². The van der Waals surface area contributed by atoms with E-state index in [1.165, 1.54) is 18.2 Å². The number of aryl methyl sites for hydroxylation is 1. The molecule has 1 aromatic heterocycles. The van der Waals surface area contributed by atoms with Crippen LogP contribution >= 0.6 is 22.3 Å². The van der Waals surface area contributed by atoms with Gasteiger partial charge < -0.3 is 9.30 Å². The van der Waals surface area contributed by atoms with Crippen LogP contribution in [0.5, 0.6) is 5.75 Å². The summed E-state index contributed by atoms with van der Waals surface area (Å²) >= 11 is 5.95. The van der Waals surface area contributed by atoms with Crippen LogP contribution in [0.1, 0.15) is 6.42 Å². The molecule has 0 fully saturated rings. The first kappa shape index (κ1) is 15.2. The second-order valence-corrected chi connectivity index (χ2v) is 7.01. The smallest absolute Gasteiger partial charge is 0.261 e. The molecule has 108 valence electrons. The summed E-state index contributed by atoms with van der Waals surface area (Å²) in [4.78, 5) is 3.89. The Hall–Kier alpha value is -1.24. The third-order valence-electron chi connectivity index (χ3n) is 2.56. The Morgan fingerprint density at radius 1 is 1.35 bits per heavy atom. The number of nitrogens with zero attached hydrogens (tertiary/aromatic N) is 2. The Morgan fingerprint density at radius 2 is 2.15 bits per heavy atom. The maximum atomic E-state index is 11.1. The van der Waals surface area contributed by atoms with E-state index in [-0.39, 0.29) is 9.92 Å². The fraction of sp³-hybridized carbons (Fsp3) is 0.250. The number of imidazole rings is 1. The zero-order valence-corrected chi connectivity index (χ0v) is 12.7. The number of hydrogen-bond acceptors (Lipinski definition) is 4. The van der Waals surface area contributed by atoms with E-state index in [0.29, 0.717) is 12.4 Å². The number of benzene rings is 1. The van der Waals surface area contributed by atoms with E-state index < -0.39 is 9.05 Å². The molecule has 1 heterocycles. The average molecular weight is 335 g/mol. The number of aromatic nitrogens is 2. The molecule has 0 amide bonds. The van der Waals surface area contributed by atoms with Crippen molar-refractivity contribution in [3.05, 3.63) is 41.9 Å². The van der Waals surface area contributed by atoms with Gasteiger partial charge in [-0.25, -0.2) is 13.4 Å². The minimum Gasteiger partial charge on any atom is -0.492 e. The van der Waals surface area contributed by atoms with Gasteiger partial charge >= 0.3 is 0 Å². The first-order chi connectivity index (χ1) is 9.47. The number of rotatable bonds is 6. The summed E-state index contributed by atoms with van der Waals surface area (Å²) in [7, 11) is 1.46. The van der Waals surface area contributed by atoms with E-state index in [2.05, 4.69) is 4.98 Å². The van der Waals surface area contributed by atoms with E-state index in [4.69, 9.17) is 27.0 Å². The van der Waals surface area contributed by atoms with Gasteiger partial charge in [-0.15, -0.1) is 0 Å². The van der Waals surface area contributed by atoms with Gasteiger partial charge in [-0.05, 0) is 24.6 Å². The van der Waals surface area contributed by atoms with Crippen molar-refractivity contribution in [2.75, 3.05) is 6.61 Å². The first-order valence-corrected chi connectivity index (χ1v) is 8.48. The number of hydrogen-bond donors (Lipinski definition) is 0. The molecule has 5 nitrogen and oxygen atoms in total. The molecule has 0 saturated carbocycles. The average Bonchev–Trinajstić information content (AvgIpc) is 2.88. The van der Waals surface area contributed by atoms with E-state index in [9.17, 15) is 8.42 Å². The van der Waals surface area contributed by atoms with Crippen molar-refractivity contribution < 1.29 is 13.2 Å². The molecule has 0 radical (unpaired) electrons. The van der Waals surface area contributed by atoms with Crippen LogP contribution < -0.4 is 4.74 Å².